The molecular weight excluding hydrogens is 256 g/mol. The Hall–Kier alpha value is -1.76. The van der Waals surface area contributed by atoms with Crippen LogP contribution in [0.4, 0.5) is 0 Å². The zero-order valence-corrected chi connectivity index (χ0v) is 13.1. The van der Waals surface area contributed by atoms with Crippen LogP contribution in [0.25, 0.3) is 0 Å². The number of hydrogen-bond acceptors (Lipinski definition) is 1. The minimum atomic E-state index is 0.584. The Labute approximate surface area is 128 Å². The summed E-state index contributed by atoms with van der Waals surface area (Å²) in [5.74, 6) is 1.59. The van der Waals surface area contributed by atoms with E-state index >= 15 is 0 Å². The van der Waals surface area contributed by atoms with Gasteiger partial charge in [-0.2, -0.15) is 0 Å². The van der Waals surface area contributed by atoms with E-state index < -0.39 is 0 Å². The van der Waals surface area contributed by atoms with Crippen LogP contribution in [-0.4, -0.2) is 0 Å². The Morgan fingerprint density at radius 2 is 1.62 bits per heavy atom. The van der Waals surface area contributed by atoms with Crippen molar-refractivity contribution in [2.45, 2.75) is 52.1 Å². The maximum absolute atomic E-state index is 5.96. The van der Waals surface area contributed by atoms with Crippen molar-refractivity contribution in [3.05, 3.63) is 64.7 Å². The fourth-order valence-corrected chi connectivity index (χ4v) is 2.97. The van der Waals surface area contributed by atoms with E-state index in [1.807, 2.05) is 0 Å². The second-order valence-corrected chi connectivity index (χ2v) is 6.32. The molecule has 0 spiro atoms. The zero-order valence-electron chi connectivity index (χ0n) is 13.1. The molecule has 21 heavy (non-hydrogen) atoms. The SMILES string of the molecule is CC(C)c1ccc(COc2ccc3c(c2)CCCC3)cc1. The molecule has 3 rings (SSSR count). The molecule has 0 atom stereocenters. The van der Waals surface area contributed by atoms with E-state index in [9.17, 15) is 0 Å². The van der Waals surface area contributed by atoms with Gasteiger partial charge in [0.15, 0.2) is 0 Å². The van der Waals surface area contributed by atoms with Crippen molar-refractivity contribution in [2.24, 2.45) is 0 Å². The Morgan fingerprint density at radius 3 is 2.33 bits per heavy atom. The lowest BCUT2D eigenvalue weighted by atomic mass is 9.92. The summed E-state index contributed by atoms with van der Waals surface area (Å²) in [6.07, 6.45) is 5.07. The summed E-state index contributed by atoms with van der Waals surface area (Å²) in [6.45, 7) is 5.09. The lowest BCUT2D eigenvalue weighted by Gasteiger charge is -2.17. The van der Waals surface area contributed by atoms with Gasteiger partial charge in [0.2, 0.25) is 0 Å². The summed E-state index contributed by atoms with van der Waals surface area (Å²) >= 11 is 0. The number of benzene rings is 2. The quantitative estimate of drug-likeness (QED) is 0.741. The fraction of sp³-hybridized carbons (Fsp3) is 0.400. The number of hydrogen-bond donors (Lipinski definition) is 0. The van der Waals surface area contributed by atoms with Crippen molar-refractivity contribution in [3.63, 3.8) is 0 Å². The van der Waals surface area contributed by atoms with E-state index in [1.54, 1.807) is 0 Å². The Morgan fingerprint density at radius 1 is 0.905 bits per heavy atom. The molecule has 1 heteroatoms. The molecule has 110 valence electrons. The third-order valence-electron chi connectivity index (χ3n) is 4.37. The van der Waals surface area contributed by atoms with Crippen LogP contribution >= 0.6 is 0 Å². The van der Waals surface area contributed by atoms with E-state index in [0.29, 0.717) is 12.5 Å². The molecule has 1 aliphatic rings. The van der Waals surface area contributed by atoms with Gasteiger partial charge in [-0.05, 0) is 66.0 Å². The van der Waals surface area contributed by atoms with Crippen molar-refractivity contribution in [3.8, 4) is 5.75 Å². The van der Waals surface area contributed by atoms with Crippen LogP contribution in [0.5, 0.6) is 5.75 Å². The van der Waals surface area contributed by atoms with Crippen molar-refractivity contribution >= 4 is 0 Å². The number of aryl methyl sites for hydroxylation is 2. The van der Waals surface area contributed by atoms with Crippen LogP contribution in [0.2, 0.25) is 0 Å². The predicted molar refractivity (Wildman–Crippen MR) is 87.9 cm³/mol. The van der Waals surface area contributed by atoms with Crippen LogP contribution in [0.15, 0.2) is 42.5 Å². The van der Waals surface area contributed by atoms with Gasteiger partial charge < -0.3 is 4.74 Å². The van der Waals surface area contributed by atoms with Gasteiger partial charge in [-0.15, -0.1) is 0 Å². The molecule has 1 aliphatic carbocycles. The van der Waals surface area contributed by atoms with Crippen molar-refractivity contribution in [1.29, 1.82) is 0 Å². The van der Waals surface area contributed by atoms with Crippen molar-refractivity contribution in [1.82, 2.24) is 0 Å². The summed E-state index contributed by atoms with van der Waals surface area (Å²) in [5.41, 5.74) is 5.61. The summed E-state index contributed by atoms with van der Waals surface area (Å²) in [6, 6.07) is 15.4. The predicted octanol–water partition coefficient (Wildman–Crippen LogP) is 5.27. The first-order chi connectivity index (χ1) is 10.2. The number of ether oxygens (including phenoxy) is 1. The van der Waals surface area contributed by atoms with Gasteiger partial charge in [-0.1, -0.05) is 44.2 Å². The molecule has 0 bridgehead atoms. The highest BCUT2D eigenvalue weighted by molar-refractivity contribution is 5.37. The topological polar surface area (TPSA) is 9.23 Å². The van der Waals surface area contributed by atoms with E-state index in [1.165, 1.54) is 47.9 Å². The highest BCUT2D eigenvalue weighted by atomic mass is 16.5. The van der Waals surface area contributed by atoms with Gasteiger partial charge in [-0.25, -0.2) is 0 Å². The highest BCUT2D eigenvalue weighted by Crippen LogP contribution is 2.26. The lowest BCUT2D eigenvalue weighted by molar-refractivity contribution is 0.305. The van der Waals surface area contributed by atoms with Crippen molar-refractivity contribution in [2.75, 3.05) is 0 Å². The first kappa shape index (κ1) is 14.2. The first-order valence-electron chi connectivity index (χ1n) is 8.06. The van der Waals surface area contributed by atoms with Gasteiger partial charge in [0, 0.05) is 0 Å². The average molecular weight is 280 g/mol. The molecule has 0 aromatic heterocycles. The molecule has 2 aromatic carbocycles. The molecule has 0 amide bonds. The standard InChI is InChI=1S/C20H24O/c1-15(2)17-9-7-16(8-10-17)14-21-20-12-11-18-5-3-4-6-19(18)13-20/h7-13,15H,3-6,14H2,1-2H3. The molecule has 0 fully saturated rings. The molecule has 0 N–H and O–H groups in total. The van der Waals surface area contributed by atoms with Crippen LogP contribution in [0.3, 0.4) is 0 Å². The maximum Gasteiger partial charge on any atom is 0.120 e. The summed E-state index contributed by atoms with van der Waals surface area (Å²) in [7, 11) is 0. The largest absolute Gasteiger partial charge is 0.489 e. The van der Waals surface area contributed by atoms with E-state index in [-0.39, 0.29) is 0 Å². The fourth-order valence-electron chi connectivity index (χ4n) is 2.97. The van der Waals surface area contributed by atoms with Gasteiger partial charge in [0.25, 0.3) is 0 Å². The van der Waals surface area contributed by atoms with Crippen LogP contribution in [-0.2, 0) is 19.4 Å². The second-order valence-electron chi connectivity index (χ2n) is 6.32. The monoisotopic (exact) mass is 280 g/mol. The minimum absolute atomic E-state index is 0.584. The third kappa shape index (κ3) is 3.47. The lowest BCUT2D eigenvalue weighted by Crippen LogP contribution is -2.03. The van der Waals surface area contributed by atoms with Gasteiger partial charge in [0.1, 0.15) is 12.4 Å². The Balaban J connectivity index is 1.64. The highest BCUT2D eigenvalue weighted by Gasteiger charge is 2.09. The molecule has 0 heterocycles. The van der Waals surface area contributed by atoms with Crippen LogP contribution < -0.4 is 4.74 Å². The van der Waals surface area contributed by atoms with E-state index in [4.69, 9.17) is 4.74 Å². The van der Waals surface area contributed by atoms with Gasteiger partial charge >= 0.3 is 0 Å². The zero-order chi connectivity index (χ0) is 14.7. The van der Waals surface area contributed by atoms with Crippen molar-refractivity contribution < 1.29 is 4.74 Å². The maximum atomic E-state index is 5.96. The van der Waals surface area contributed by atoms with Crippen LogP contribution in [0.1, 0.15) is 54.9 Å². The number of rotatable bonds is 4. The van der Waals surface area contributed by atoms with E-state index in [2.05, 4.69) is 56.3 Å². The molecule has 1 nitrogen and oxygen atoms in total. The second kappa shape index (κ2) is 6.34. The molecule has 0 radical (unpaired) electrons. The molecular formula is C20H24O. The molecule has 2 aromatic rings. The number of fused-ring (bicyclic) bond motifs is 1. The normalized spacial score (nSPS) is 14.0. The minimum Gasteiger partial charge on any atom is -0.489 e. The molecule has 0 saturated heterocycles. The first-order valence-corrected chi connectivity index (χ1v) is 8.06. The summed E-state index contributed by atoms with van der Waals surface area (Å²) in [4.78, 5) is 0. The van der Waals surface area contributed by atoms with Gasteiger partial charge in [-0.3, -0.25) is 0 Å². The Kier molecular flexibility index (Phi) is 4.28. The molecule has 0 unspecified atom stereocenters. The summed E-state index contributed by atoms with van der Waals surface area (Å²) < 4.78 is 5.96. The molecule has 0 saturated carbocycles. The van der Waals surface area contributed by atoms with E-state index in [0.717, 1.165) is 5.75 Å². The summed E-state index contributed by atoms with van der Waals surface area (Å²) in [5, 5.41) is 0. The smallest absolute Gasteiger partial charge is 0.120 e. The average Bonchev–Trinajstić information content (AvgIpc) is 2.53. The van der Waals surface area contributed by atoms with Gasteiger partial charge in [0.05, 0.1) is 0 Å². The molecule has 0 aliphatic heterocycles. The third-order valence-corrected chi connectivity index (χ3v) is 4.37. The Bertz CT molecular complexity index is 596. The van der Waals surface area contributed by atoms with Crippen LogP contribution in [0, 0.1) is 0 Å².